The smallest absolute Gasteiger partial charge is 0.128 e. The van der Waals surface area contributed by atoms with E-state index in [0.29, 0.717) is 31.9 Å². The monoisotopic (exact) mass is 298 g/mol. The number of ether oxygens (including phenoxy) is 2. The van der Waals surface area contributed by atoms with Crippen LogP contribution in [0.2, 0.25) is 0 Å². The lowest BCUT2D eigenvalue weighted by Gasteiger charge is -2.35. The summed E-state index contributed by atoms with van der Waals surface area (Å²) in [6.45, 7) is 4.54. The summed E-state index contributed by atoms with van der Waals surface area (Å²) < 4.78 is 24.5. The molecule has 120 valence electrons. The standard InChI is InChI=1S/C16H27FN2O2/c1-4-15(18)16(13-7-5-6-8-14(13)17)19(9-11-20-2)10-12-21-3/h5-8,15-16H,4,9-12,18H2,1-3H3. The maximum absolute atomic E-state index is 14.2. The molecule has 0 spiro atoms. The van der Waals surface area contributed by atoms with Gasteiger partial charge in [-0.3, -0.25) is 4.90 Å². The van der Waals surface area contributed by atoms with E-state index in [0.717, 1.165) is 6.42 Å². The molecular weight excluding hydrogens is 271 g/mol. The van der Waals surface area contributed by atoms with Crippen LogP contribution >= 0.6 is 0 Å². The Labute approximate surface area is 127 Å². The van der Waals surface area contributed by atoms with Gasteiger partial charge in [0.05, 0.1) is 19.3 Å². The van der Waals surface area contributed by atoms with Crippen LogP contribution in [0.5, 0.6) is 0 Å². The molecule has 0 bridgehead atoms. The highest BCUT2D eigenvalue weighted by molar-refractivity contribution is 5.23. The zero-order valence-corrected chi connectivity index (χ0v) is 13.2. The second-order valence-electron chi connectivity index (χ2n) is 5.06. The van der Waals surface area contributed by atoms with Crippen LogP contribution in [0.3, 0.4) is 0 Å². The first-order chi connectivity index (χ1) is 10.2. The fourth-order valence-electron chi connectivity index (χ4n) is 2.44. The number of rotatable bonds is 10. The Kier molecular flexibility index (Phi) is 8.45. The van der Waals surface area contributed by atoms with Crippen molar-refractivity contribution in [3.63, 3.8) is 0 Å². The third kappa shape index (κ3) is 5.36. The molecule has 0 aliphatic rings. The molecule has 0 amide bonds. The van der Waals surface area contributed by atoms with Crippen LogP contribution in [0.15, 0.2) is 24.3 Å². The first-order valence-corrected chi connectivity index (χ1v) is 7.37. The third-order valence-electron chi connectivity index (χ3n) is 3.66. The van der Waals surface area contributed by atoms with Crippen LogP contribution in [0, 0.1) is 5.82 Å². The number of benzene rings is 1. The van der Waals surface area contributed by atoms with E-state index in [1.54, 1.807) is 20.3 Å². The van der Waals surface area contributed by atoms with Crippen LogP contribution in [-0.4, -0.2) is 51.5 Å². The van der Waals surface area contributed by atoms with Crippen LogP contribution in [0.4, 0.5) is 4.39 Å². The number of hydrogen-bond donors (Lipinski definition) is 1. The maximum atomic E-state index is 14.2. The molecule has 1 aromatic rings. The Hall–Kier alpha value is -1.01. The molecule has 5 heteroatoms. The van der Waals surface area contributed by atoms with Crippen molar-refractivity contribution in [1.82, 2.24) is 4.90 Å². The number of nitrogens with two attached hydrogens (primary N) is 1. The van der Waals surface area contributed by atoms with Crippen molar-refractivity contribution in [2.24, 2.45) is 5.73 Å². The molecule has 4 nitrogen and oxygen atoms in total. The summed E-state index contributed by atoms with van der Waals surface area (Å²) in [5.74, 6) is -0.216. The highest BCUT2D eigenvalue weighted by Crippen LogP contribution is 2.27. The molecular formula is C16H27FN2O2. The summed E-state index contributed by atoms with van der Waals surface area (Å²) in [7, 11) is 3.32. The Morgan fingerprint density at radius 1 is 1.14 bits per heavy atom. The van der Waals surface area contributed by atoms with Gasteiger partial charge in [0.1, 0.15) is 5.82 Å². The fraction of sp³-hybridized carbons (Fsp3) is 0.625. The predicted molar refractivity (Wildman–Crippen MR) is 82.7 cm³/mol. The van der Waals surface area contributed by atoms with E-state index in [4.69, 9.17) is 15.2 Å². The summed E-state index contributed by atoms with van der Waals surface area (Å²) in [5, 5.41) is 0. The van der Waals surface area contributed by atoms with Crippen molar-refractivity contribution in [3.05, 3.63) is 35.6 Å². The normalized spacial score (nSPS) is 14.4. The second-order valence-corrected chi connectivity index (χ2v) is 5.06. The molecule has 21 heavy (non-hydrogen) atoms. The first kappa shape index (κ1) is 18.0. The molecule has 2 atom stereocenters. The molecule has 0 heterocycles. The minimum absolute atomic E-state index is 0.143. The lowest BCUT2D eigenvalue weighted by Crippen LogP contribution is -2.44. The first-order valence-electron chi connectivity index (χ1n) is 7.37. The van der Waals surface area contributed by atoms with E-state index >= 15 is 0 Å². The molecule has 0 aromatic heterocycles. The summed E-state index contributed by atoms with van der Waals surface area (Å²) in [6, 6.07) is 6.51. The maximum Gasteiger partial charge on any atom is 0.128 e. The van der Waals surface area contributed by atoms with Crippen LogP contribution in [0.1, 0.15) is 24.9 Å². The number of nitrogens with zero attached hydrogens (tertiary/aromatic N) is 1. The highest BCUT2D eigenvalue weighted by Gasteiger charge is 2.27. The van der Waals surface area contributed by atoms with E-state index < -0.39 is 0 Å². The molecule has 1 aromatic carbocycles. The van der Waals surface area contributed by atoms with Gasteiger partial charge in [0.2, 0.25) is 0 Å². The van der Waals surface area contributed by atoms with Gasteiger partial charge >= 0.3 is 0 Å². The van der Waals surface area contributed by atoms with Crippen molar-refractivity contribution in [1.29, 1.82) is 0 Å². The quantitative estimate of drug-likeness (QED) is 0.719. The molecule has 0 radical (unpaired) electrons. The van der Waals surface area contributed by atoms with Gasteiger partial charge in [-0.1, -0.05) is 25.1 Å². The van der Waals surface area contributed by atoms with E-state index in [1.807, 2.05) is 19.1 Å². The average Bonchev–Trinajstić information content (AvgIpc) is 2.51. The molecule has 0 fully saturated rings. The minimum atomic E-state index is -0.216. The van der Waals surface area contributed by atoms with Gasteiger partial charge in [0.25, 0.3) is 0 Å². The summed E-state index contributed by atoms with van der Waals surface area (Å²) >= 11 is 0. The SMILES string of the molecule is CCC(N)C(c1ccccc1F)N(CCOC)CCOC. The van der Waals surface area contributed by atoms with Crippen molar-refractivity contribution in [2.75, 3.05) is 40.5 Å². The van der Waals surface area contributed by atoms with Gasteiger partial charge in [0, 0.05) is 38.9 Å². The van der Waals surface area contributed by atoms with Gasteiger partial charge in [-0.05, 0) is 12.5 Å². The predicted octanol–water partition coefficient (Wildman–Crippen LogP) is 2.20. The molecule has 2 N–H and O–H groups in total. The van der Waals surface area contributed by atoms with Crippen molar-refractivity contribution < 1.29 is 13.9 Å². The molecule has 2 unspecified atom stereocenters. The largest absolute Gasteiger partial charge is 0.383 e. The lowest BCUT2D eigenvalue weighted by atomic mass is 9.95. The van der Waals surface area contributed by atoms with Crippen LogP contribution in [-0.2, 0) is 9.47 Å². The Balaban J connectivity index is 3.04. The minimum Gasteiger partial charge on any atom is -0.383 e. The average molecular weight is 298 g/mol. The second kappa shape index (κ2) is 9.84. The van der Waals surface area contributed by atoms with Crippen molar-refractivity contribution in [3.8, 4) is 0 Å². The molecule has 0 saturated heterocycles. The van der Waals surface area contributed by atoms with Crippen molar-refractivity contribution >= 4 is 0 Å². The molecule has 1 rings (SSSR count). The molecule has 0 aliphatic carbocycles. The lowest BCUT2D eigenvalue weighted by molar-refractivity contribution is 0.0763. The zero-order valence-electron chi connectivity index (χ0n) is 13.2. The molecule has 0 aliphatic heterocycles. The number of hydrogen-bond acceptors (Lipinski definition) is 4. The number of methoxy groups -OCH3 is 2. The van der Waals surface area contributed by atoms with Gasteiger partial charge in [-0.25, -0.2) is 4.39 Å². The summed E-state index contributed by atoms with van der Waals surface area (Å²) in [6.07, 6.45) is 0.773. The Bertz CT molecular complexity index is 396. The van der Waals surface area contributed by atoms with E-state index in [9.17, 15) is 4.39 Å². The van der Waals surface area contributed by atoms with E-state index in [2.05, 4.69) is 4.90 Å². The molecule has 0 saturated carbocycles. The van der Waals surface area contributed by atoms with Gasteiger partial charge in [-0.15, -0.1) is 0 Å². The Morgan fingerprint density at radius 3 is 2.19 bits per heavy atom. The fourth-order valence-corrected chi connectivity index (χ4v) is 2.44. The summed E-state index contributed by atoms with van der Waals surface area (Å²) in [5.41, 5.74) is 6.91. The zero-order chi connectivity index (χ0) is 15.7. The topological polar surface area (TPSA) is 47.7 Å². The van der Waals surface area contributed by atoms with E-state index in [1.165, 1.54) is 6.07 Å². The van der Waals surface area contributed by atoms with Gasteiger partial charge in [-0.2, -0.15) is 0 Å². The van der Waals surface area contributed by atoms with E-state index in [-0.39, 0.29) is 17.9 Å². The van der Waals surface area contributed by atoms with Crippen molar-refractivity contribution in [2.45, 2.75) is 25.4 Å². The highest BCUT2D eigenvalue weighted by atomic mass is 19.1. The Morgan fingerprint density at radius 2 is 1.71 bits per heavy atom. The van der Waals surface area contributed by atoms with Crippen LogP contribution in [0.25, 0.3) is 0 Å². The van der Waals surface area contributed by atoms with Gasteiger partial charge < -0.3 is 15.2 Å². The summed E-state index contributed by atoms with van der Waals surface area (Å²) in [4.78, 5) is 2.14. The van der Waals surface area contributed by atoms with Crippen LogP contribution < -0.4 is 5.73 Å². The van der Waals surface area contributed by atoms with Gasteiger partial charge in [0.15, 0.2) is 0 Å². The number of halogens is 1. The third-order valence-corrected chi connectivity index (χ3v) is 3.66.